The number of benzene rings is 1. The monoisotopic (exact) mass is 496 g/mol. The summed E-state index contributed by atoms with van der Waals surface area (Å²) in [5.41, 5.74) is 6.90. The van der Waals surface area contributed by atoms with Crippen molar-refractivity contribution in [3.63, 3.8) is 0 Å². The minimum absolute atomic E-state index is 0.202. The van der Waals surface area contributed by atoms with E-state index in [2.05, 4.69) is 36.9 Å². The molecule has 2 aliphatic rings. The molecule has 1 aromatic rings. The maximum absolute atomic E-state index is 12.1. The van der Waals surface area contributed by atoms with Crippen molar-refractivity contribution in [1.29, 1.82) is 0 Å². The number of methoxy groups -OCH3 is 3. The van der Waals surface area contributed by atoms with Gasteiger partial charge in [0.15, 0.2) is 17.3 Å². The second-order valence-electron chi connectivity index (χ2n) is 6.08. The topological polar surface area (TPSA) is 83.1 Å². The van der Waals surface area contributed by atoms with Crippen LogP contribution in [0.4, 0.5) is 0 Å². The predicted octanol–water partition coefficient (Wildman–Crippen LogP) is 3.95. The first kappa shape index (κ1) is 19.7. The molecule has 1 atom stereocenters. The average Bonchev–Trinajstić information content (AvgIpc) is 2.95. The smallest absolute Gasteiger partial charge is 0.220 e. The average molecular weight is 498 g/mol. The second-order valence-corrected chi connectivity index (χ2v) is 7.79. The van der Waals surface area contributed by atoms with Gasteiger partial charge in [-0.3, -0.25) is 4.79 Å². The van der Waals surface area contributed by atoms with Crippen molar-refractivity contribution in [3.8, 4) is 11.5 Å². The number of amidine groups is 1. The first-order chi connectivity index (χ1) is 12.8. The SMILES string of the molecule is COC1=CC2(CC(N)=NC2=Cc2cc(OC)c(OC)cc2Br)C(Br)=CC1=O. The van der Waals surface area contributed by atoms with E-state index in [9.17, 15) is 4.79 Å². The summed E-state index contributed by atoms with van der Waals surface area (Å²) >= 11 is 7.09. The third-order valence-electron chi connectivity index (χ3n) is 4.50. The van der Waals surface area contributed by atoms with Gasteiger partial charge in [0.05, 0.1) is 32.4 Å². The zero-order valence-electron chi connectivity index (χ0n) is 15.0. The zero-order valence-corrected chi connectivity index (χ0v) is 18.2. The molecule has 27 heavy (non-hydrogen) atoms. The van der Waals surface area contributed by atoms with Crippen LogP contribution < -0.4 is 15.2 Å². The van der Waals surface area contributed by atoms with Crippen LogP contribution in [-0.2, 0) is 9.53 Å². The number of halogens is 2. The van der Waals surface area contributed by atoms with Gasteiger partial charge in [-0.05, 0) is 29.8 Å². The highest BCUT2D eigenvalue weighted by Crippen LogP contribution is 2.51. The Labute approximate surface area is 174 Å². The maximum atomic E-state index is 12.1. The fourth-order valence-corrected chi connectivity index (χ4v) is 4.23. The fourth-order valence-electron chi connectivity index (χ4n) is 3.13. The highest BCUT2D eigenvalue weighted by Gasteiger charge is 2.44. The number of hydrogen-bond donors (Lipinski definition) is 1. The lowest BCUT2D eigenvalue weighted by atomic mass is 9.78. The van der Waals surface area contributed by atoms with Gasteiger partial charge in [0.2, 0.25) is 5.78 Å². The molecule has 8 heteroatoms. The molecule has 0 fully saturated rings. The van der Waals surface area contributed by atoms with Gasteiger partial charge in [-0.2, -0.15) is 0 Å². The molecule has 1 aliphatic heterocycles. The van der Waals surface area contributed by atoms with Crippen molar-refractivity contribution >= 4 is 49.6 Å². The van der Waals surface area contributed by atoms with Gasteiger partial charge in [-0.15, -0.1) is 0 Å². The fraction of sp³-hybridized carbons (Fsp3) is 0.263. The number of aliphatic imine (C=N–C) groups is 1. The number of carbonyl (C=O) groups is 1. The molecule has 0 amide bonds. The maximum Gasteiger partial charge on any atom is 0.220 e. The zero-order chi connectivity index (χ0) is 19.8. The Kier molecular flexibility index (Phi) is 5.48. The highest BCUT2D eigenvalue weighted by atomic mass is 79.9. The van der Waals surface area contributed by atoms with Gasteiger partial charge in [0.25, 0.3) is 0 Å². The lowest BCUT2D eigenvalue weighted by Crippen LogP contribution is -2.26. The lowest BCUT2D eigenvalue weighted by Gasteiger charge is -2.29. The summed E-state index contributed by atoms with van der Waals surface area (Å²) in [5.74, 6) is 1.75. The van der Waals surface area contributed by atoms with Gasteiger partial charge < -0.3 is 19.9 Å². The van der Waals surface area contributed by atoms with Crippen LogP contribution in [0, 0.1) is 5.41 Å². The summed E-state index contributed by atoms with van der Waals surface area (Å²) < 4.78 is 17.5. The highest BCUT2D eigenvalue weighted by molar-refractivity contribution is 9.11. The Balaban J connectivity index is 2.16. The minimum atomic E-state index is -0.685. The van der Waals surface area contributed by atoms with Crippen LogP contribution in [0.1, 0.15) is 12.0 Å². The van der Waals surface area contributed by atoms with Gasteiger partial charge in [0, 0.05) is 21.5 Å². The van der Waals surface area contributed by atoms with Crippen LogP contribution >= 0.6 is 31.9 Å². The van der Waals surface area contributed by atoms with Crippen molar-refractivity contribution < 1.29 is 19.0 Å². The summed E-state index contributed by atoms with van der Waals surface area (Å²) in [7, 11) is 4.63. The quantitative estimate of drug-likeness (QED) is 0.681. The van der Waals surface area contributed by atoms with Crippen LogP contribution in [0.15, 0.2) is 49.7 Å². The number of nitrogens with two attached hydrogens (primary N) is 1. The number of hydrogen-bond acceptors (Lipinski definition) is 6. The molecular formula is C19H18Br2N2O4. The molecule has 2 N–H and O–H groups in total. The van der Waals surface area contributed by atoms with Crippen molar-refractivity contribution in [3.05, 3.63) is 50.3 Å². The van der Waals surface area contributed by atoms with E-state index in [1.54, 1.807) is 20.3 Å². The normalized spacial score (nSPS) is 23.2. The molecule has 0 radical (unpaired) electrons. The van der Waals surface area contributed by atoms with Crippen LogP contribution in [0.25, 0.3) is 6.08 Å². The first-order valence-electron chi connectivity index (χ1n) is 8.00. The van der Waals surface area contributed by atoms with Gasteiger partial charge in [0.1, 0.15) is 5.84 Å². The Hall–Kier alpha value is -2.06. The van der Waals surface area contributed by atoms with E-state index in [1.807, 2.05) is 18.2 Å². The predicted molar refractivity (Wildman–Crippen MR) is 111 cm³/mol. The molecule has 3 rings (SSSR count). The molecule has 0 bridgehead atoms. The van der Waals surface area contributed by atoms with Crippen molar-refractivity contribution in [1.82, 2.24) is 0 Å². The third kappa shape index (κ3) is 3.43. The molecule has 0 saturated carbocycles. The molecule has 1 unspecified atom stereocenters. The summed E-state index contributed by atoms with van der Waals surface area (Å²) in [6.45, 7) is 0. The van der Waals surface area contributed by atoms with Crippen LogP contribution in [-0.4, -0.2) is 32.9 Å². The van der Waals surface area contributed by atoms with E-state index < -0.39 is 5.41 Å². The molecule has 0 saturated heterocycles. The third-order valence-corrected chi connectivity index (χ3v) is 6.12. The summed E-state index contributed by atoms with van der Waals surface area (Å²) in [6.07, 6.45) is 5.62. The number of carbonyl (C=O) groups excluding carboxylic acids is 1. The number of ketones is 1. The van der Waals surface area contributed by atoms with Crippen molar-refractivity contribution in [2.45, 2.75) is 6.42 Å². The molecule has 142 valence electrons. The minimum Gasteiger partial charge on any atom is -0.493 e. The summed E-state index contributed by atoms with van der Waals surface area (Å²) in [4.78, 5) is 16.6. The Morgan fingerprint density at radius 2 is 1.81 bits per heavy atom. The van der Waals surface area contributed by atoms with E-state index in [0.29, 0.717) is 33.9 Å². The number of nitrogens with zero attached hydrogens (tertiary/aromatic N) is 1. The number of rotatable bonds is 4. The van der Waals surface area contributed by atoms with E-state index in [-0.39, 0.29) is 11.5 Å². The Bertz CT molecular complexity index is 934. The van der Waals surface area contributed by atoms with Crippen molar-refractivity contribution in [2.24, 2.45) is 16.1 Å². The molecule has 1 spiro atoms. The number of allylic oxidation sites excluding steroid dienone is 2. The summed E-state index contributed by atoms with van der Waals surface area (Å²) in [5, 5.41) is 0. The molecule has 1 aliphatic carbocycles. The van der Waals surface area contributed by atoms with Crippen LogP contribution in [0.2, 0.25) is 0 Å². The Morgan fingerprint density at radius 1 is 1.15 bits per heavy atom. The largest absolute Gasteiger partial charge is 0.493 e. The standard InChI is InChI=1S/C19H18Br2N2O4/c1-25-13-4-10(11(20)6-14(13)26-2)5-17-19(9-18(22)23-17)8-15(27-3)12(24)7-16(19)21/h4-8H,9H2,1-3H3,(H2,22,23). The molecule has 0 aromatic heterocycles. The van der Waals surface area contributed by atoms with Crippen LogP contribution in [0.3, 0.4) is 0 Å². The van der Waals surface area contributed by atoms with Crippen LogP contribution in [0.5, 0.6) is 11.5 Å². The van der Waals surface area contributed by atoms with Crippen molar-refractivity contribution in [2.75, 3.05) is 21.3 Å². The lowest BCUT2D eigenvalue weighted by molar-refractivity contribution is -0.114. The molecule has 1 heterocycles. The second kappa shape index (κ2) is 7.52. The van der Waals surface area contributed by atoms with E-state index in [4.69, 9.17) is 19.9 Å². The molecule has 6 nitrogen and oxygen atoms in total. The molecular weight excluding hydrogens is 480 g/mol. The van der Waals surface area contributed by atoms with Gasteiger partial charge in [-0.25, -0.2) is 4.99 Å². The van der Waals surface area contributed by atoms with E-state index in [0.717, 1.165) is 10.0 Å². The van der Waals surface area contributed by atoms with Gasteiger partial charge in [-0.1, -0.05) is 31.9 Å². The molecule has 1 aromatic carbocycles. The first-order valence-corrected chi connectivity index (χ1v) is 9.58. The summed E-state index contributed by atoms with van der Waals surface area (Å²) in [6, 6.07) is 3.67. The van der Waals surface area contributed by atoms with E-state index >= 15 is 0 Å². The van der Waals surface area contributed by atoms with Gasteiger partial charge >= 0.3 is 0 Å². The number of ether oxygens (including phenoxy) is 3. The van der Waals surface area contributed by atoms with E-state index in [1.165, 1.54) is 13.2 Å². The Morgan fingerprint density at radius 3 is 2.44 bits per heavy atom.